The van der Waals surface area contributed by atoms with Gasteiger partial charge in [0, 0.05) is 64.3 Å². The van der Waals surface area contributed by atoms with Crippen LogP contribution in [0.5, 0.6) is 0 Å². The van der Waals surface area contributed by atoms with E-state index in [0.29, 0.717) is 136 Å². The normalized spacial score (nSPS) is 22.3. The number of morpholine rings is 4. The van der Waals surface area contributed by atoms with E-state index in [4.69, 9.17) is 112 Å². The maximum Gasteiger partial charge on any atom is 0.306 e. The van der Waals surface area contributed by atoms with Gasteiger partial charge in [-0.05, 0) is 221 Å². The highest BCUT2D eigenvalue weighted by molar-refractivity contribution is 7.92. The molecule has 0 radical (unpaired) electrons. The van der Waals surface area contributed by atoms with Crippen LogP contribution >= 0.6 is 92.8 Å². The first-order valence-electron chi connectivity index (χ1n) is 47.6. The number of carboxylic acid groups (broad SMARTS) is 4. The van der Waals surface area contributed by atoms with Gasteiger partial charge in [0.05, 0.1) is 93.9 Å². The number of benzene rings is 8. The standard InChI is InChI=1S/4C26H31Cl2NO6S/c4*1-4-16(3)36(33,34)15-21(5-2)29-24(17-9-11-19(27)12-10-17)25(18-7-6-8-20(28)13-18)35-22(26(29)32)14-23(30)31/h4*6-13,16,21-22,24-25H,4-5,14-15H2,1-3H3,(H,30,31)/t16-,21+,22+,24-,25-;16-,21+,22-,24-,25-;16-,21-,22+,24+,25+;16-,21-,22-,24+,25+/m1100/s1. The van der Waals surface area contributed by atoms with Crippen LogP contribution in [-0.4, -0.2) is 214 Å². The van der Waals surface area contributed by atoms with Crippen LogP contribution < -0.4 is 0 Å². The predicted molar refractivity (Wildman–Crippen MR) is 560 cm³/mol. The van der Waals surface area contributed by atoms with Gasteiger partial charge in [-0.1, -0.05) is 245 Å². The fraction of sp³-hybridized carbons (Fsp3) is 0.462. The van der Waals surface area contributed by atoms with Crippen LogP contribution in [0.3, 0.4) is 0 Å². The van der Waals surface area contributed by atoms with E-state index in [2.05, 4.69) is 0 Å². The molecule has 8 aromatic carbocycles. The number of halogens is 8. The summed E-state index contributed by atoms with van der Waals surface area (Å²) >= 11 is 49.6. The summed E-state index contributed by atoms with van der Waals surface area (Å²) in [4.78, 5) is 108. The zero-order valence-corrected chi connectivity index (χ0v) is 91.0. The number of ether oxygens (including phenoxy) is 4. The Morgan fingerprint density at radius 2 is 0.431 bits per heavy atom. The lowest BCUT2D eigenvalue weighted by Gasteiger charge is -2.48. The second-order valence-electron chi connectivity index (χ2n) is 36.2. The van der Waals surface area contributed by atoms with E-state index in [1.807, 2.05) is 27.7 Å². The van der Waals surface area contributed by atoms with Crippen molar-refractivity contribution in [1.29, 1.82) is 0 Å². The number of nitrogens with zero attached hydrogens (tertiary/aromatic N) is 4. The molecule has 784 valence electrons. The van der Waals surface area contributed by atoms with Crippen molar-refractivity contribution in [1.82, 2.24) is 19.6 Å². The van der Waals surface area contributed by atoms with Gasteiger partial charge in [0.2, 0.25) is 0 Å². The minimum Gasteiger partial charge on any atom is -0.481 e. The summed E-state index contributed by atoms with van der Waals surface area (Å²) in [5.74, 6) is -7.94. The molecule has 0 spiro atoms. The second-order valence-corrected chi connectivity index (χ2v) is 49.5. The van der Waals surface area contributed by atoms with Gasteiger partial charge in [-0.2, -0.15) is 0 Å². The van der Waals surface area contributed by atoms with Crippen LogP contribution in [0.15, 0.2) is 194 Å². The molecule has 4 aliphatic heterocycles. The Hall–Kier alpha value is -8.52. The van der Waals surface area contributed by atoms with Crippen molar-refractivity contribution in [2.75, 3.05) is 23.0 Å². The molecule has 0 saturated carbocycles. The van der Waals surface area contributed by atoms with Crippen molar-refractivity contribution in [3.8, 4) is 0 Å². The van der Waals surface area contributed by atoms with Gasteiger partial charge in [0.1, 0.15) is 48.8 Å². The smallest absolute Gasteiger partial charge is 0.306 e. The molecule has 0 aliphatic carbocycles. The fourth-order valence-electron chi connectivity index (χ4n) is 17.9. The lowest BCUT2D eigenvalue weighted by atomic mass is 9.89. The first-order chi connectivity index (χ1) is 67.9. The number of aliphatic carboxylic acids is 4. The molecule has 0 bridgehead atoms. The quantitative estimate of drug-likeness (QED) is 0.0277. The maximum absolute atomic E-state index is 13.8. The van der Waals surface area contributed by atoms with Gasteiger partial charge < -0.3 is 59.0 Å². The van der Waals surface area contributed by atoms with Gasteiger partial charge in [-0.3, -0.25) is 38.4 Å². The molecule has 144 heavy (non-hydrogen) atoms. The summed E-state index contributed by atoms with van der Waals surface area (Å²) in [7, 11) is -14.1. The van der Waals surface area contributed by atoms with E-state index in [9.17, 15) is 92.5 Å². The van der Waals surface area contributed by atoms with Gasteiger partial charge >= 0.3 is 23.9 Å². The Morgan fingerprint density at radius 1 is 0.264 bits per heavy atom. The van der Waals surface area contributed by atoms with Crippen LogP contribution in [0.2, 0.25) is 40.2 Å². The van der Waals surface area contributed by atoms with Gasteiger partial charge in [0.15, 0.2) is 39.3 Å². The van der Waals surface area contributed by atoms with Gasteiger partial charge in [-0.25, -0.2) is 33.7 Å². The zero-order valence-electron chi connectivity index (χ0n) is 81.7. The minimum absolute atomic E-state index is 0.240. The Morgan fingerprint density at radius 3 is 0.569 bits per heavy atom. The van der Waals surface area contributed by atoms with Crippen LogP contribution in [0.25, 0.3) is 0 Å². The van der Waals surface area contributed by atoms with Crippen molar-refractivity contribution < 1.29 is 111 Å². The lowest BCUT2D eigenvalue weighted by Crippen LogP contribution is -2.56. The number of rotatable bonds is 40. The highest BCUT2D eigenvalue weighted by Crippen LogP contribution is 2.51. The van der Waals surface area contributed by atoms with Crippen molar-refractivity contribution >= 4 is 180 Å². The molecule has 12 rings (SSSR count). The fourth-order valence-corrected chi connectivity index (χ4v) is 26.3. The first kappa shape index (κ1) is 119. The number of carboxylic acids is 4. The van der Waals surface area contributed by atoms with Crippen LogP contribution in [-0.2, 0) is 96.7 Å². The van der Waals surface area contributed by atoms with E-state index in [-0.39, 0.29) is 23.0 Å². The van der Waals surface area contributed by atoms with Crippen molar-refractivity contribution in [3.05, 3.63) is 279 Å². The van der Waals surface area contributed by atoms with E-state index >= 15 is 0 Å². The van der Waals surface area contributed by atoms with Crippen molar-refractivity contribution in [3.63, 3.8) is 0 Å². The summed E-state index contributed by atoms with van der Waals surface area (Å²) in [6.07, 6.45) is -7.25. The molecule has 4 saturated heterocycles. The number of hydrogen-bond acceptors (Lipinski definition) is 20. The molecule has 40 heteroatoms. The Bertz CT molecular complexity index is 5500. The molecule has 0 unspecified atom stereocenters. The average Bonchev–Trinajstić information content (AvgIpc) is 0.764. The third-order valence-electron chi connectivity index (χ3n) is 26.6. The summed E-state index contributed by atoms with van der Waals surface area (Å²) in [5, 5.41) is 39.5. The Balaban J connectivity index is 0.000000214. The molecule has 0 aromatic heterocycles. The summed E-state index contributed by atoms with van der Waals surface area (Å²) in [6.45, 7) is 21.1. The molecule has 4 amide bonds. The van der Waals surface area contributed by atoms with Crippen LogP contribution in [0.1, 0.15) is 253 Å². The highest BCUT2D eigenvalue weighted by Gasteiger charge is 2.54. The van der Waals surface area contributed by atoms with Gasteiger partial charge in [-0.15, -0.1) is 0 Å². The number of sulfone groups is 4. The molecular weight excluding hydrogens is 2100 g/mol. The average molecular weight is 2230 g/mol. The third kappa shape index (κ3) is 30.9. The lowest BCUT2D eigenvalue weighted by molar-refractivity contribution is -0.182. The van der Waals surface area contributed by atoms with Crippen LogP contribution in [0, 0.1) is 0 Å². The third-order valence-corrected chi connectivity index (χ3v) is 38.2. The molecule has 28 nitrogen and oxygen atoms in total. The molecule has 4 N–H and O–H groups in total. The predicted octanol–water partition coefficient (Wildman–Crippen LogP) is 21.9. The van der Waals surface area contributed by atoms with Crippen LogP contribution in [0.4, 0.5) is 0 Å². The first-order valence-corrected chi connectivity index (χ1v) is 57.5. The number of hydrogen-bond donors (Lipinski definition) is 4. The zero-order chi connectivity index (χ0) is 106. The summed E-state index contributed by atoms with van der Waals surface area (Å²) < 4.78 is 130. The maximum atomic E-state index is 13.8. The largest absolute Gasteiger partial charge is 0.481 e. The van der Waals surface area contributed by atoms with E-state index < -0.39 is 231 Å². The highest BCUT2D eigenvalue weighted by atomic mass is 35.5. The number of carbonyl (C=O) groups is 8. The van der Waals surface area contributed by atoms with Gasteiger partial charge in [0.25, 0.3) is 23.6 Å². The summed E-state index contributed by atoms with van der Waals surface area (Å²) in [5.41, 5.74) is 5.34. The topological polar surface area (TPSA) is 404 Å². The monoisotopic (exact) mass is 2220 g/mol. The van der Waals surface area contributed by atoms with Crippen molar-refractivity contribution in [2.45, 2.75) is 278 Å². The van der Waals surface area contributed by atoms with E-state index in [1.54, 1.807) is 250 Å². The van der Waals surface area contributed by atoms with Crippen molar-refractivity contribution in [2.24, 2.45) is 0 Å². The number of amides is 4. The van der Waals surface area contributed by atoms with E-state index in [1.165, 1.54) is 19.6 Å². The Kier molecular flexibility index (Phi) is 44.3. The second kappa shape index (κ2) is 53.6. The van der Waals surface area contributed by atoms with E-state index in [0.717, 1.165) is 0 Å². The SMILES string of the molecule is CC[C@@H](CS(=O)(=O)[C@@H](C)CC)N1C(=O)[C@@H](CC(=O)O)O[C@H](c2cccc(Cl)c2)[C@H]1c1ccc(Cl)cc1.CC[C@@H](CS(=O)(=O)[C@@H](C)CC)N1C(=O)[C@H](CC(=O)O)O[C@H](c2cccc(Cl)c2)[C@H]1c1ccc(Cl)cc1.CC[C@@H](CS(=O)(=O)[C@H](C)CC)N1C(=O)[C@@H](CC(=O)O)O[C@H](c2cccc(Cl)c2)[C@H]1c1ccc(Cl)cc1.CC[C@@H](CS(=O)(=O)[C@H](C)CC)N1C(=O)[C@H](CC(=O)O)O[C@H](c2cccc(Cl)c2)[C@H]1c1ccc(Cl)cc1. The molecule has 4 fully saturated rings. The molecular formula is C104H124Cl8N4O24S4. The molecule has 4 heterocycles. The molecule has 20 atom stereocenters. The minimum atomic E-state index is -3.53. The Labute approximate surface area is 883 Å². The molecule has 8 aromatic rings. The summed E-state index contributed by atoms with van der Waals surface area (Å²) in [6, 6.07) is 49.8. The number of carbonyl (C=O) groups excluding carboxylic acids is 4. The molecule has 4 aliphatic rings.